The lowest BCUT2D eigenvalue weighted by Gasteiger charge is -2.02. The Morgan fingerprint density at radius 2 is 1.75 bits per heavy atom. The lowest BCUT2D eigenvalue weighted by molar-refractivity contribution is 0.126. The van der Waals surface area contributed by atoms with Gasteiger partial charge in [-0.25, -0.2) is 0 Å². The molecule has 0 amide bonds. The number of ether oxygens (including phenoxy) is 1. The number of hydrogen-bond donors (Lipinski definition) is 0. The van der Waals surface area contributed by atoms with E-state index in [0.717, 1.165) is 38.2 Å². The van der Waals surface area contributed by atoms with E-state index >= 15 is 0 Å². The Kier molecular flexibility index (Phi) is 11.4. The third-order valence-electron chi connectivity index (χ3n) is 2.12. The fourth-order valence-electron chi connectivity index (χ4n) is 1.25. The van der Waals surface area contributed by atoms with Gasteiger partial charge in [0.05, 0.1) is 6.07 Å². The van der Waals surface area contributed by atoms with Crippen LogP contribution in [0.1, 0.15) is 44.9 Å². The van der Waals surface area contributed by atoms with Crippen LogP contribution in [0.5, 0.6) is 0 Å². The summed E-state index contributed by atoms with van der Waals surface area (Å²) in [6.45, 7) is 1.38. The van der Waals surface area contributed by atoms with Gasteiger partial charge >= 0.3 is 0 Å². The predicted octanol–water partition coefficient (Wildman–Crippen LogP) is 4.04. The van der Waals surface area contributed by atoms with E-state index in [2.05, 4.69) is 6.07 Å². The van der Waals surface area contributed by atoms with E-state index in [0.29, 0.717) is 26.1 Å². The molecule has 0 heterocycles. The summed E-state index contributed by atoms with van der Waals surface area (Å²) in [4.78, 5) is 0. The second-order valence-corrected chi connectivity index (χ2v) is 3.57. The summed E-state index contributed by atoms with van der Waals surface area (Å²) in [7, 11) is 0. The highest BCUT2D eigenvalue weighted by Crippen LogP contribution is 2.05. The van der Waals surface area contributed by atoms with Crippen molar-refractivity contribution in [1.82, 2.24) is 0 Å². The van der Waals surface area contributed by atoms with Gasteiger partial charge in [0.25, 0.3) is 6.08 Å². The molecule has 0 atom stereocenters. The van der Waals surface area contributed by atoms with Crippen LogP contribution in [-0.4, -0.2) is 13.2 Å². The minimum atomic E-state index is -1.59. The van der Waals surface area contributed by atoms with Gasteiger partial charge in [0.2, 0.25) is 0 Å². The highest BCUT2D eigenvalue weighted by Gasteiger charge is 1.92. The van der Waals surface area contributed by atoms with Crippen molar-refractivity contribution in [3.63, 3.8) is 0 Å². The van der Waals surface area contributed by atoms with Crippen molar-refractivity contribution in [2.75, 3.05) is 13.2 Å². The van der Waals surface area contributed by atoms with Crippen LogP contribution in [0.2, 0.25) is 0 Å². The van der Waals surface area contributed by atoms with Gasteiger partial charge in [-0.1, -0.05) is 6.42 Å². The zero-order chi connectivity index (χ0) is 12.1. The zero-order valence-corrected chi connectivity index (χ0v) is 9.55. The number of nitrogens with zero attached hydrogens (tertiary/aromatic N) is 1. The number of allylic oxidation sites excluding steroid dienone is 1. The summed E-state index contributed by atoms with van der Waals surface area (Å²) in [6, 6.07) is 2.08. The molecule has 0 unspecified atom stereocenters. The Morgan fingerprint density at radius 1 is 1.06 bits per heavy atom. The van der Waals surface area contributed by atoms with Gasteiger partial charge in [0, 0.05) is 19.6 Å². The van der Waals surface area contributed by atoms with Crippen molar-refractivity contribution in [1.29, 1.82) is 5.26 Å². The molecular formula is C12H19F2NO. The molecule has 0 aliphatic carbocycles. The van der Waals surface area contributed by atoms with Crippen molar-refractivity contribution >= 4 is 0 Å². The van der Waals surface area contributed by atoms with Crippen LogP contribution in [0.4, 0.5) is 8.78 Å². The number of halogens is 2. The average Bonchev–Trinajstić information content (AvgIpc) is 2.25. The number of hydrogen-bond acceptors (Lipinski definition) is 2. The molecule has 4 heteroatoms. The van der Waals surface area contributed by atoms with E-state index in [1.54, 1.807) is 0 Å². The van der Waals surface area contributed by atoms with E-state index in [1.165, 1.54) is 0 Å². The van der Waals surface area contributed by atoms with E-state index in [1.807, 2.05) is 0 Å². The van der Waals surface area contributed by atoms with Crippen molar-refractivity contribution in [2.45, 2.75) is 44.9 Å². The van der Waals surface area contributed by atoms with Gasteiger partial charge in [-0.05, 0) is 38.2 Å². The minimum absolute atomic E-state index is 0.449. The van der Waals surface area contributed by atoms with Gasteiger partial charge in [0.1, 0.15) is 0 Å². The van der Waals surface area contributed by atoms with Crippen LogP contribution in [0.3, 0.4) is 0 Å². The van der Waals surface area contributed by atoms with Crippen LogP contribution in [-0.2, 0) is 4.74 Å². The van der Waals surface area contributed by atoms with E-state index in [4.69, 9.17) is 10.00 Å². The van der Waals surface area contributed by atoms with E-state index in [-0.39, 0.29) is 0 Å². The Labute approximate surface area is 95.9 Å². The molecule has 0 aromatic heterocycles. The molecule has 2 nitrogen and oxygen atoms in total. The summed E-state index contributed by atoms with van der Waals surface area (Å²) < 4.78 is 28.6. The Bertz CT molecular complexity index is 220. The molecule has 0 aliphatic heterocycles. The molecule has 16 heavy (non-hydrogen) atoms. The number of rotatable bonds is 10. The molecule has 0 aliphatic rings. The monoisotopic (exact) mass is 231 g/mol. The molecule has 92 valence electrons. The van der Waals surface area contributed by atoms with Crippen LogP contribution >= 0.6 is 0 Å². The summed E-state index contributed by atoms with van der Waals surface area (Å²) in [6.07, 6.45) is 4.84. The topological polar surface area (TPSA) is 33.0 Å². The van der Waals surface area contributed by atoms with Crippen molar-refractivity contribution in [3.05, 3.63) is 12.2 Å². The average molecular weight is 231 g/mol. The largest absolute Gasteiger partial charge is 0.381 e. The second kappa shape index (κ2) is 12.1. The molecule has 0 N–H and O–H groups in total. The molecular weight excluding hydrogens is 212 g/mol. The molecule has 0 radical (unpaired) electrons. The molecule has 0 spiro atoms. The highest BCUT2D eigenvalue weighted by molar-refractivity contribution is 4.79. The van der Waals surface area contributed by atoms with Gasteiger partial charge in [-0.15, -0.1) is 0 Å². The Balaban J connectivity index is 2.99. The molecule has 0 saturated carbocycles. The zero-order valence-electron chi connectivity index (χ0n) is 9.55. The quantitative estimate of drug-likeness (QED) is 0.531. The number of nitriles is 1. The first-order chi connectivity index (χ1) is 7.77. The second-order valence-electron chi connectivity index (χ2n) is 3.57. The standard InChI is InChI=1S/C12H19F2NO/c13-12(14)8-4-1-2-6-10-16-11-7-3-5-9-15/h8H,1-7,10-11H2. The summed E-state index contributed by atoms with van der Waals surface area (Å²) >= 11 is 0. The minimum Gasteiger partial charge on any atom is -0.381 e. The van der Waals surface area contributed by atoms with E-state index in [9.17, 15) is 8.78 Å². The van der Waals surface area contributed by atoms with Crippen molar-refractivity contribution < 1.29 is 13.5 Å². The Morgan fingerprint density at radius 3 is 2.38 bits per heavy atom. The van der Waals surface area contributed by atoms with Crippen LogP contribution in [0, 0.1) is 11.3 Å². The molecule has 0 bridgehead atoms. The normalized spacial score (nSPS) is 9.81. The summed E-state index contributed by atoms with van der Waals surface area (Å²) in [5.74, 6) is 0. The third-order valence-corrected chi connectivity index (χ3v) is 2.12. The molecule has 0 aromatic rings. The van der Waals surface area contributed by atoms with Gasteiger partial charge in [0.15, 0.2) is 0 Å². The third kappa shape index (κ3) is 13.1. The fourth-order valence-corrected chi connectivity index (χ4v) is 1.25. The van der Waals surface area contributed by atoms with Crippen molar-refractivity contribution in [3.8, 4) is 6.07 Å². The van der Waals surface area contributed by atoms with Crippen LogP contribution in [0.25, 0.3) is 0 Å². The molecule has 0 saturated heterocycles. The maximum absolute atomic E-state index is 11.6. The first-order valence-corrected chi connectivity index (χ1v) is 5.73. The smallest absolute Gasteiger partial charge is 0.266 e. The first-order valence-electron chi connectivity index (χ1n) is 5.73. The highest BCUT2D eigenvalue weighted by atomic mass is 19.3. The molecule has 0 aromatic carbocycles. The molecule has 0 fully saturated rings. The lowest BCUT2D eigenvalue weighted by Crippen LogP contribution is -1.96. The summed E-state index contributed by atoms with van der Waals surface area (Å²) in [5, 5.41) is 8.28. The van der Waals surface area contributed by atoms with Crippen molar-refractivity contribution in [2.24, 2.45) is 0 Å². The lowest BCUT2D eigenvalue weighted by atomic mass is 10.2. The van der Waals surface area contributed by atoms with Gasteiger partial charge in [-0.3, -0.25) is 0 Å². The Hall–Kier alpha value is -0.950. The van der Waals surface area contributed by atoms with Gasteiger partial charge in [-0.2, -0.15) is 14.0 Å². The van der Waals surface area contributed by atoms with Gasteiger partial charge < -0.3 is 4.74 Å². The number of unbranched alkanes of at least 4 members (excludes halogenated alkanes) is 5. The summed E-state index contributed by atoms with van der Waals surface area (Å²) in [5.41, 5.74) is 0. The van der Waals surface area contributed by atoms with Crippen LogP contribution in [0.15, 0.2) is 12.2 Å². The van der Waals surface area contributed by atoms with E-state index < -0.39 is 6.08 Å². The van der Waals surface area contributed by atoms with Crippen LogP contribution < -0.4 is 0 Å². The first kappa shape index (κ1) is 15.0. The SMILES string of the molecule is N#CCCCCOCCCCCC=C(F)F. The molecule has 0 rings (SSSR count). The fraction of sp³-hybridized carbons (Fsp3) is 0.750. The predicted molar refractivity (Wildman–Crippen MR) is 59.1 cm³/mol. The maximum atomic E-state index is 11.6. The maximum Gasteiger partial charge on any atom is 0.266 e.